The summed E-state index contributed by atoms with van der Waals surface area (Å²) in [6.45, 7) is 0.168. The zero-order valence-electron chi connectivity index (χ0n) is 16.5. The smallest absolute Gasteiger partial charge is 0.416 e. The van der Waals surface area contributed by atoms with Crippen molar-refractivity contribution in [3.05, 3.63) is 58.9 Å². The number of hydrogen-bond donors (Lipinski definition) is 1. The van der Waals surface area contributed by atoms with Crippen LogP contribution in [-0.2, 0) is 17.5 Å². The molecule has 1 amide bonds. The van der Waals surface area contributed by atoms with Gasteiger partial charge in [0.15, 0.2) is 0 Å². The van der Waals surface area contributed by atoms with Crippen LogP contribution in [0.1, 0.15) is 11.5 Å². The van der Waals surface area contributed by atoms with Crippen molar-refractivity contribution in [3.63, 3.8) is 0 Å². The Labute approximate surface area is 180 Å². The number of nitrogens with zero attached hydrogens (tertiary/aromatic N) is 3. The van der Waals surface area contributed by atoms with Crippen molar-refractivity contribution in [1.82, 2.24) is 15.0 Å². The normalized spacial score (nSPS) is 11.6. The Morgan fingerprint density at radius 2 is 1.94 bits per heavy atom. The van der Waals surface area contributed by atoms with Gasteiger partial charge in [-0.05, 0) is 37.4 Å². The predicted molar refractivity (Wildman–Crippen MR) is 108 cm³/mol. The van der Waals surface area contributed by atoms with Gasteiger partial charge in [0.25, 0.3) is 0 Å². The fourth-order valence-electron chi connectivity index (χ4n) is 2.74. The van der Waals surface area contributed by atoms with E-state index in [1.54, 1.807) is 30.1 Å². The highest BCUT2D eigenvalue weighted by Crippen LogP contribution is 2.30. The third-order valence-corrected chi connectivity index (χ3v) is 4.43. The highest BCUT2D eigenvalue weighted by atomic mass is 35.5. The number of carbonyl (C=O) groups is 1. The van der Waals surface area contributed by atoms with E-state index in [2.05, 4.69) is 15.5 Å². The molecule has 0 unspecified atom stereocenters. The molecule has 11 heteroatoms. The average Bonchev–Trinajstić information content (AvgIpc) is 3.15. The van der Waals surface area contributed by atoms with Crippen molar-refractivity contribution >= 4 is 23.2 Å². The van der Waals surface area contributed by atoms with Crippen LogP contribution < -0.4 is 10.1 Å². The fraction of sp³-hybridized carbons (Fsp3) is 0.250. The van der Waals surface area contributed by atoms with Crippen LogP contribution in [0.25, 0.3) is 11.4 Å². The maximum absolute atomic E-state index is 12.7. The monoisotopic (exact) mass is 454 g/mol. The number of anilines is 1. The van der Waals surface area contributed by atoms with E-state index in [1.807, 2.05) is 0 Å². The SMILES string of the molecule is COc1ccc(Cl)cc1NC(=O)CN(C)Cc1nc(-c2ccc(C(F)(F)F)cc2)no1. The van der Waals surface area contributed by atoms with Crippen molar-refractivity contribution in [2.24, 2.45) is 0 Å². The topological polar surface area (TPSA) is 80.5 Å². The number of benzene rings is 2. The van der Waals surface area contributed by atoms with E-state index in [9.17, 15) is 18.0 Å². The molecule has 7 nitrogen and oxygen atoms in total. The maximum Gasteiger partial charge on any atom is 0.416 e. The van der Waals surface area contributed by atoms with E-state index in [0.717, 1.165) is 12.1 Å². The number of ether oxygens (including phenoxy) is 1. The summed E-state index contributed by atoms with van der Waals surface area (Å²) in [7, 11) is 3.16. The molecule has 31 heavy (non-hydrogen) atoms. The number of carbonyl (C=O) groups excluding carboxylic acids is 1. The average molecular weight is 455 g/mol. The molecule has 0 saturated carbocycles. The summed E-state index contributed by atoms with van der Waals surface area (Å²) >= 11 is 5.95. The first-order valence-electron chi connectivity index (χ1n) is 8.98. The minimum atomic E-state index is -4.42. The minimum Gasteiger partial charge on any atom is -0.495 e. The highest BCUT2D eigenvalue weighted by molar-refractivity contribution is 6.31. The molecule has 0 atom stereocenters. The van der Waals surface area contributed by atoms with Crippen LogP contribution >= 0.6 is 11.6 Å². The summed E-state index contributed by atoms with van der Waals surface area (Å²) in [5.74, 6) is 0.528. The zero-order valence-corrected chi connectivity index (χ0v) is 17.3. The standard InChI is InChI=1S/C20H18ClF3N4O3/c1-28(10-17(29)25-15-9-14(21)7-8-16(15)30-2)11-18-26-19(27-31-18)12-3-5-13(6-4-12)20(22,23)24/h3-9H,10-11H2,1-2H3,(H,25,29). The van der Waals surface area contributed by atoms with Gasteiger partial charge in [0.2, 0.25) is 17.6 Å². The molecule has 1 N–H and O–H groups in total. The number of nitrogens with one attached hydrogen (secondary N) is 1. The van der Waals surface area contributed by atoms with Crippen LogP contribution in [0.5, 0.6) is 5.75 Å². The van der Waals surface area contributed by atoms with Gasteiger partial charge in [-0.2, -0.15) is 18.2 Å². The summed E-state index contributed by atoms with van der Waals surface area (Å²) in [6.07, 6.45) is -4.42. The van der Waals surface area contributed by atoms with E-state index in [1.165, 1.54) is 19.2 Å². The van der Waals surface area contributed by atoms with Gasteiger partial charge in [-0.1, -0.05) is 28.9 Å². The molecular weight excluding hydrogens is 437 g/mol. The van der Waals surface area contributed by atoms with E-state index < -0.39 is 11.7 Å². The van der Waals surface area contributed by atoms with Crippen LogP contribution in [0.2, 0.25) is 5.02 Å². The first-order valence-corrected chi connectivity index (χ1v) is 9.35. The summed E-state index contributed by atoms with van der Waals surface area (Å²) in [6, 6.07) is 9.30. The Morgan fingerprint density at radius 1 is 1.23 bits per heavy atom. The van der Waals surface area contributed by atoms with E-state index >= 15 is 0 Å². The molecule has 0 radical (unpaired) electrons. The van der Waals surface area contributed by atoms with Crippen molar-refractivity contribution in [3.8, 4) is 17.1 Å². The van der Waals surface area contributed by atoms with Crippen LogP contribution in [0.3, 0.4) is 0 Å². The molecule has 0 aliphatic carbocycles. The quantitative estimate of drug-likeness (QED) is 0.566. The number of halogens is 4. The molecule has 3 rings (SSSR count). The fourth-order valence-corrected chi connectivity index (χ4v) is 2.92. The molecular formula is C20H18ClF3N4O3. The van der Waals surface area contributed by atoms with Gasteiger partial charge in [-0.3, -0.25) is 9.69 Å². The van der Waals surface area contributed by atoms with Gasteiger partial charge in [0, 0.05) is 10.6 Å². The number of likely N-dealkylation sites (N-methyl/N-ethyl adjacent to an activating group) is 1. The molecule has 1 aromatic heterocycles. The molecule has 0 bridgehead atoms. The van der Waals surface area contributed by atoms with Gasteiger partial charge in [0.1, 0.15) is 5.75 Å². The number of hydrogen-bond acceptors (Lipinski definition) is 6. The largest absolute Gasteiger partial charge is 0.495 e. The first-order chi connectivity index (χ1) is 14.7. The number of rotatable bonds is 7. The molecule has 0 spiro atoms. The lowest BCUT2D eigenvalue weighted by Crippen LogP contribution is -2.30. The number of methoxy groups -OCH3 is 1. The van der Waals surface area contributed by atoms with Gasteiger partial charge in [-0.15, -0.1) is 0 Å². The first kappa shape index (κ1) is 22.6. The second-order valence-corrected chi connectivity index (χ2v) is 7.09. The van der Waals surface area contributed by atoms with Crippen LogP contribution in [-0.4, -0.2) is 41.6 Å². The summed E-state index contributed by atoms with van der Waals surface area (Å²) in [5.41, 5.74) is 0.0641. The lowest BCUT2D eigenvalue weighted by molar-refractivity contribution is -0.137. The van der Waals surface area contributed by atoms with Gasteiger partial charge in [-0.25, -0.2) is 0 Å². The molecule has 0 saturated heterocycles. The molecule has 164 valence electrons. The van der Waals surface area contributed by atoms with E-state index in [0.29, 0.717) is 22.0 Å². The van der Waals surface area contributed by atoms with E-state index in [4.69, 9.17) is 20.9 Å². The van der Waals surface area contributed by atoms with Crippen molar-refractivity contribution in [2.75, 3.05) is 26.0 Å². The van der Waals surface area contributed by atoms with Gasteiger partial charge >= 0.3 is 6.18 Å². The van der Waals surface area contributed by atoms with Crippen molar-refractivity contribution in [1.29, 1.82) is 0 Å². The predicted octanol–water partition coefficient (Wildman–Crippen LogP) is 4.49. The van der Waals surface area contributed by atoms with Crippen LogP contribution in [0.15, 0.2) is 47.0 Å². The Balaban J connectivity index is 1.59. The number of alkyl halides is 3. The lowest BCUT2D eigenvalue weighted by atomic mass is 10.1. The molecule has 0 fully saturated rings. The summed E-state index contributed by atoms with van der Waals surface area (Å²) in [5, 5.41) is 6.95. The van der Waals surface area contributed by atoms with Crippen LogP contribution in [0, 0.1) is 0 Å². The van der Waals surface area contributed by atoms with Gasteiger partial charge in [0.05, 0.1) is 31.5 Å². The summed E-state index contributed by atoms with van der Waals surface area (Å²) < 4.78 is 48.4. The molecule has 2 aromatic carbocycles. The zero-order chi connectivity index (χ0) is 22.6. The molecule has 1 heterocycles. The Bertz CT molecular complexity index is 1050. The number of amides is 1. The molecule has 0 aliphatic rings. The summed E-state index contributed by atoms with van der Waals surface area (Å²) in [4.78, 5) is 18.1. The van der Waals surface area contributed by atoms with Gasteiger partial charge < -0.3 is 14.6 Å². The number of aromatic nitrogens is 2. The second-order valence-electron chi connectivity index (χ2n) is 6.65. The van der Waals surface area contributed by atoms with E-state index in [-0.39, 0.29) is 30.7 Å². The van der Waals surface area contributed by atoms with Crippen molar-refractivity contribution < 1.29 is 27.2 Å². The Hall–Kier alpha value is -3.11. The Morgan fingerprint density at radius 3 is 2.58 bits per heavy atom. The minimum absolute atomic E-state index is 0.00760. The second kappa shape index (κ2) is 9.36. The van der Waals surface area contributed by atoms with Crippen molar-refractivity contribution in [2.45, 2.75) is 12.7 Å². The highest BCUT2D eigenvalue weighted by Gasteiger charge is 2.30. The molecule has 3 aromatic rings. The lowest BCUT2D eigenvalue weighted by Gasteiger charge is -2.15. The Kier molecular flexibility index (Phi) is 6.81. The third kappa shape index (κ3) is 5.96. The maximum atomic E-state index is 12.7. The van der Waals surface area contributed by atoms with Crippen LogP contribution in [0.4, 0.5) is 18.9 Å². The third-order valence-electron chi connectivity index (χ3n) is 4.19. The molecule has 0 aliphatic heterocycles.